The van der Waals surface area contributed by atoms with Gasteiger partial charge in [0, 0.05) is 13.2 Å². The lowest BCUT2D eigenvalue weighted by Crippen LogP contribution is -2.05. The molecule has 0 atom stereocenters. The minimum Gasteiger partial charge on any atom is -0.493 e. The molecule has 15 heavy (non-hydrogen) atoms. The van der Waals surface area contributed by atoms with Crippen LogP contribution >= 0.6 is 0 Å². The molecule has 0 aliphatic carbocycles. The summed E-state index contributed by atoms with van der Waals surface area (Å²) in [5.74, 6) is 0.707. The summed E-state index contributed by atoms with van der Waals surface area (Å²) in [7, 11) is 1.58. The smallest absolute Gasteiger partial charge is 0.127 e. The fraction of sp³-hybridized carbons (Fsp3) is 0.500. The molecule has 0 amide bonds. The van der Waals surface area contributed by atoms with Gasteiger partial charge in [-0.3, -0.25) is 0 Å². The van der Waals surface area contributed by atoms with Gasteiger partial charge in [-0.05, 0) is 23.6 Å². The van der Waals surface area contributed by atoms with Crippen molar-refractivity contribution < 1.29 is 13.9 Å². The van der Waals surface area contributed by atoms with Crippen LogP contribution < -0.4 is 4.74 Å². The summed E-state index contributed by atoms with van der Waals surface area (Å²) in [5, 5.41) is 0. The van der Waals surface area contributed by atoms with Crippen molar-refractivity contribution >= 4 is 0 Å². The summed E-state index contributed by atoms with van der Waals surface area (Å²) in [6.45, 7) is 5.09. The maximum Gasteiger partial charge on any atom is 0.127 e. The van der Waals surface area contributed by atoms with Crippen molar-refractivity contribution in [3.05, 3.63) is 29.6 Å². The van der Waals surface area contributed by atoms with Crippen LogP contribution in [0.4, 0.5) is 4.39 Å². The summed E-state index contributed by atoms with van der Waals surface area (Å²) >= 11 is 0. The second kappa shape index (κ2) is 5.71. The van der Waals surface area contributed by atoms with Crippen molar-refractivity contribution in [3.63, 3.8) is 0 Å². The molecule has 0 spiro atoms. The molecule has 2 nitrogen and oxygen atoms in total. The molecule has 1 aromatic rings. The van der Waals surface area contributed by atoms with E-state index in [1.807, 2.05) is 0 Å². The molecule has 0 saturated carbocycles. The quantitative estimate of drug-likeness (QED) is 0.747. The Bertz CT molecular complexity index is 310. The molecule has 84 valence electrons. The Kier molecular flexibility index (Phi) is 4.56. The van der Waals surface area contributed by atoms with Gasteiger partial charge in [0.2, 0.25) is 0 Å². The highest BCUT2D eigenvalue weighted by Gasteiger charge is 2.02. The molecule has 0 aliphatic heterocycles. The maximum absolute atomic E-state index is 13.1. The molecule has 3 heteroatoms. The Hall–Kier alpha value is -1.09. The molecule has 0 bridgehead atoms. The molecular weight excluding hydrogens is 195 g/mol. The van der Waals surface area contributed by atoms with E-state index < -0.39 is 0 Å². The third-order valence-electron chi connectivity index (χ3n) is 1.83. The van der Waals surface area contributed by atoms with E-state index in [0.717, 1.165) is 5.56 Å². The van der Waals surface area contributed by atoms with Crippen LogP contribution in [0.1, 0.15) is 19.4 Å². The number of hydrogen-bond donors (Lipinski definition) is 0. The van der Waals surface area contributed by atoms with E-state index in [9.17, 15) is 4.39 Å². The van der Waals surface area contributed by atoms with Gasteiger partial charge in [0.15, 0.2) is 0 Å². The summed E-state index contributed by atoms with van der Waals surface area (Å²) < 4.78 is 23.5. The molecule has 1 rings (SSSR count). The highest BCUT2D eigenvalue weighted by molar-refractivity contribution is 5.29. The average molecular weight is 212 g/mol. The average Bonchev–Trinajstić information content (AvgIpc) is 2.14. The van der Waals surface area contributed by atoms with Crippen molar-refractivity contribution in [2.24, 2.45) is 5.92 Å². The second-order valence-corrected chi connectivity index (χ2v) is 3.93. The van der Waals surface area contributed by atoms with Crippen LogP contribution in [0.5, 0.6) is 5.75 Å². The molecule has 0 radical (unpaired) electrons. The normalized spacial score (nSPS) is 10.7. The summed E-state index contributed by atoms with van der Waals surface area (Å²) in [4.78, 5) is 0. The van der Waals surface area contributed by atoms with Crippen LogP contribution in [0.25, 0.3) is 0 Å². The third-order valence-corrected chi connectivity index (χ3v) is 1.83. The van der Waals surface area contributed by atoms with E-state index in [1.54, 1.807) is 13.2 Å². The van der Waals surface area contributed by atoms with Crippen molar-refractivity contribution in [3.8, 4) is 5.75 Å². The molecule has 0 unspecified atom stereocenters. The fourth-order valence-electron chi connectivity index (χ4n) is 1.22. The molecule has 0 saturated heterocycles. The number of halogens is 1. The van der Waals surface area contributed by atoms with E-state index in [-0.39, 0.29) is 5.82 Å². The Morgan fingerprint density at radius 2 is 2.00 bits per heavy atom. The first-order valence-corrected chi connectivity index (χ1v) is 5.03. The molecule has 0 aromatic heterocycles. The highest BCUT2D eigenvalue weighted by Crippen LogP contribution is 2.17. The zero-order valence-electron chi connectivity index (χ0n) is 9.42. The molecule has 0 fully saturated rings. The number of methoxy groups -OCH3 is 1. The van der Waals surface area contributed by atoms with Crippen molar-refractivity contribution in [1.29, 1.82) is 0 Å². The van der Waals surface area contributed by atoms with Gasteiger partial charge in [0.05, 0.1) is 13.2 Å². The van der Waals surface area contributed by atoms with Crippen LogP contribution in [0.3, 0.4) is 0 Å². The van der Waals surface area contributed by atoms with Crippen molar-refractivity contribution in [2.75, 3.05) is 13.7 Å². The Balaban J connectivity index is 2.70. The van der Waals surface area contributed by atoms with Crippen LogP contribution in [0.2, 0.25) is 0 Å². The maximum atomic E-state index is 13.1. The minimum absolute atomic E-state index is 0.289. The van der Waals surface area contributed by atoms with Crippen LogP contribution in [-0.2, 0) is 11.3 Å². The lowest BCUT2D eigenvalue weighted by molar-refractivity contribution is 0.184. The predicted octanol–water partition coefficient (Wildman–Crippen LogP) is 3.01. The van der Waals surface area contributed by atoms with Gasteiger partial charge in [0.1, 0.15) is 11.6 Å². The summed E-state index contributed by atoms with van der Waals surface area (Å²) in [6, 6.07) is 4.64. The zero-order chi connectivity index (χ0) is 11.3. The second-order valence-electron chi connectivity index (χ2n) is 3.93. The Morgan fingerprint density at radius 3 is 2.60 bits per heavy atom. The molecule has 0 heterocycles. The lowest BCUT2D eigenvalue weighted by Gasteiger charge is -2.10. The summed E-state index contributed by atoms with van der Waals surface area (Å²) in [6.07, 6.45) is 0. The molecular formula is C12H17FO2. The van der Waals surface area contributed by atoms with Gasteiger partial charge in [-0.15, -0.1) is 0 Å². The topological polar surface area (TPSA) is 18.5 Å². The van der Waals surface area contributed by atoms with Gasteiger partial charge >= 0.3 is 0 Å². The van der Waals surface area contributed by atoms with E-state index in [1.165, 1.54) is 12.1 Å². The molecule has 1 aromatic carbocycles. The van der Waals surface area contributed by atoms with E-state index in [2.05, 4.69) is 13.8 Å². The predicted molar refractivity (Wildman–Crippen MR) is 57.4 cm³/mol. The first-order valence-electron chi connectivity index (χ1n) is 5.03. The number of benzene rings is 1. The van der Waals surface area contributed by atoms with Crippen LogP contribution in [0, 0.1) is 11.7 Å². The highest BCUT2D eigenvalue weighted by atomic mass is 19.1. The SMILES string of the molecule is COCc1cc(F)cc(OCC(C)C)c1. The fourth-order valence-corrected chi connectivity index (χ4v) is 1.22. The lowest BCUT2D eigenvalue weighted by atomic mass is 10.2. The third kappa shape index (κ3) is 4.30. The van der Waals surface area contributed by atoms with Crippen LogP contribution in [0.15, 0.2) is 18.2 Å². The Labute approximate surface area is 90.0 Å². The van der Waals surface area contributed by atoms with E-state index in [0.29, 0.717) is 24.9 Å². The first kappa shape index (κ1) is 12.0. The van der Waals surface area contributed by atoms with Gasteiger partial charge in [-0.25, -0.2) is 4.39 Å². The van der Waals surface area contributed by atoms with Gasteiger partial charge < -0.3 is 9.47 Å². The van der Waals surface area contributed by atoms with Crippen LogP contribution in [-0.4, -0.2) is 13.7 Å². The monoisotopic (exact) mass is 212 g/mol. The van der Waals surface area contributed by atoms with E-state index >= 15 is 0 Å². The van der Waals surface area contributed by atoms with Crippen molar-refractivity contribution in [2.45, 2.75) is 20.5 Å². The Morgan fingerprint density at radius 1 is 1.27 bits per heavy atom. The first-order chi connectivity index (χ1) is 7.11. The number of hydrogen-bond acceptors (Lipinski definition) is 2. The summed E-state index contributed by atoms with van der Waals surface area (Å²) in [5.41, 5.74) is 0.788. The van der Waals surface area contributed by atoms with E-state index in [4.69, 9.17) is 9.47 Å². The molecule has 0 N–H and O–H groups in total. The zero-order valence-corrected chi connectivity index (χ0v) is 9.42. The van der Waals surface area contributed by atoms with Crippen molar-refractivity contribution in [1.82, 2.24) is 0 Å². The van der Waals surface area contributed by atoms with Gasteiger partial charge in [0.25, 0.3) is 0 Å². The number of ether oxygens (including phenoxy) is 2. The van der Waals surface area contributed by atoms with Gasteiger partial charge in [-0.2, -0.15) is 0 Å². The number of rotatable bonds is 5. The minimum atomic E-state index is -0.289. The molecule has 0 aliphatic rings. The van der Waals surface area contributed by atoms with Gasteiger partial charge in [-0.1, -0.05) is 13.8 Å². The largest absolute Gasteiger partial charge is 0.493 e. The standard InChI is InChI=1S/C12H17FO2/c1-9(2)7-15-12-5-10(8-14-3)4-11(13)6-12/h4-6,9H,7-8H2,1-3H3.